The minimum atomic E-state index is -0.0793. The predicted octanol–water partition coefficient (Wildman–Crippen LogP) is 2.30. The molecule has 0 radical (unpaired) electrons. The van der Waals surface area contributed by atoms with Crippen molar-refractivity contribution in [3.63, 3.8) is 0 Å². The van der Waals surface area contributed by atoms with Crippen LogP contribution in [0.25, 0.3) is 0 Å². The van der Waals surface area contributed by atoms with Gasteiger partial charge in [-0.15, -0.1) is 0 Å². The van der Waals surface area contributed by atoms with Gasteiger partial charge in [0.25, 0.3) is 5.91 Å². The molecule has 4 nitrogen and oxygen atoms in total. The number of nitrogens with zero attached hydrogens (tertiary/aromatic N) is 1. The van der Waals surface area contributed by atoms with E-state index in [1.807, 2.05) is 0 Å². The standard InChI is InChI=1S/C14H19ClN2O2/c15-12-6-5-10(9-13(12)16)14(19)17(7-8-18)11-3-1-2-4-11/h5-6,9,11,18H,1-4,7-8,16H2. The number of hydrogen-bond acceptors (Lipinski definition) is 3. The second-order valence-electron chi connectivity index (χ2n) is 4.90. The molecule has 1 aliphatic rings. The Balaban J connectivity index is 2.20. The fourth-order valence-corrected chi connectivity index (χ4v) is 2.73. The van der Waals surface area contributed by atoms with Gasteiger partial charge in [-0.05, 0) is 31.0 Å². The Hall–Kier alpha value is -1.26. The molecule has 0 heterocycles. The molecule has 104 valence electrons. The lowest BCUT2D eigenvalue weighted by atomic mass is 10.1. The molecule has 1 aromatic rings. The van der Waals surface area contributed by atoms with Crippen LogP contribution >= 0.6 is 11.6 Å². The van der Waals surface area contributed by atoms with Crippen LogP contribution in [0.3, 0.4) is 0 Å². The summed E-state index contributed by atoms with van der Waals surface area (Å²) in [5, 5.41) is 9.60. The van der Waals surface area contributed by atoms with E-state index in [0.717, 1.165) is 25.7 Å². The first-order valence-electron chi connectivity index (χ1n) is 6.60. The van der Waals surface area contributed by atoms with E-state index < -0.39 is 0 Å². The van der Waals surface area contributed by atoms with Crippen LogP contribution in [0.1, 0.15) is 36.0 Å². The third kappa shape index (κ3) is 3.19. The Bertz CT molecular complexity index is 459. The molecule has 3 N–H and O–H groups in total. The number of aliphatic hydroxyl groups is 1. The molecule has 1 aliphatic carbocycles. The monoisotopic (exact) mass is 282 g/mol. The molecule has 0 aromatic heterocycles. The highest BCUT2D eigenvalue weighted by Gasteiger charge is 2.27. The van der Waals surface area contributed by atoms with Crippen LogP contribution < -0.4 is 5.73 Å². The number of amides is 1. The number of nitrogens with two attached hydrogens (primary N) is 1. The summed E-state index contributed by atoms with van der Waals surface area (Å²) in [4.78, 5) is 14.3. The van der Waals surface area contributed by atoms with Crippen molar-refractivity contribution in [1.29, 1.82) is 0 Å². The van der Waals surface area contributed by atoms with Crippen LogP contribution in [0, 0.1) is 0 Å². The van der Waals surface area contributed by atoms with Gasteiger partial charge < -0.3 is 15.7 Å². The van der Waals surface area contributed by atoms with Crippen molar-refractivity contribution in [2.75, 3.05) is 18.9 Å². The van der Waals surface area contributed by atoms with Gasteiger partial charge in [-0.3, -0.25) is 4.79 Å². The molecular formula is C14H19ClN2O2. The summed E-state index contributed by atoms with van der Waals surface area (Å²) in [6.45, 7) is 0.345. The molecule has 0 unspecified atom stereocenters. The van der Waals surface area contributed by atoms with Crippen LogP contribution in [0.4, 0.5) is 5.69 Å². The van der Waals surface area contributed by atoms with Gasteiger partial charge in [-0.1, -0.05) is 24.4 Å². The Labute approximate surface area is 118 Å². The van der Waals surface area contributed by atoms with Gasteiger partial charge in [0.1, 0.15) is 0 Å². The zero-order valence-corrected chi connectivity index (χ0v) is 11.6. The van der Waals surface area contributed by atoms with E-state index in [-0.39, 0.29) is 18.6 Å². The third-order valence-electron chi connectivity index (χ3n) is 3.61. The number of hydrogen-bond donors (Lipinski definition) is 2. The fraction of sp³-hybridized carbons (Fsp3) is 0.500. The number of carbonyl (C=O) groups excluding carboxylic acids is 1. The molecule has 2 rings (SSSR count). The highest BCUT2D eigenvalue weighted by atomic mass is 35.5. The summed E-state index contributed by atoms with van der Waals surface area (Å²) in [6, 6.07) is 5.15. The Kier molecular flexibility index (Phi) is 4.66. The minimum Gasteiger partial charge on any atom is -0.398 e. The number of anilines is 1. The van der Waals surface area contributed by atoms with Crippen molar-refractivity contribution >= 4 is 23.2 Å². The fourth-order valence-electron chi connectivity index (χ4n) is 2.62. The normalized spacial score (nSPS) is 15.7. The van der Waals surface area contributed by atoms with Crippen LogP contribution in [-0.4, -0.2) is 35.1 Å². The molecule has 0 atom stereocenters. The van der Waals surface area contributed by atoms with E-state index in [1.54, 1.807) is 23.1 Å². The first-order valence-corrected chi connectivity index (χ1v) is 6.98. The molecule has 0 saturated heterocycles. The first-order chi connectivity index (χ1) is 9.13. The van der Waals surface area contributed by atoms with Crippen molar-refractivity contribution < 1.29 is 9.90 Å². The number of nitrogen functional groups attached to an aromatic ring is 1. The van der Waals surface area contributed by atoms with E-state index in [1.165, 1.54) is 0 Å². The van der Waals surface area contributed by atoms with E-state index in [9.17, 15) is 4.79 Å². The van der Waals surface area contributed by atoms with Crippen LogP contribution in [0.5, 0.6) is 0 Å². The molecular weight excluding hydrogens is 264 g/mol. The molecule has 1 saturated carbocycles. The van der Waals surface area contributed by atoms with Gasteiger partial charge in [0.05, 0.1) is 17.3 Å². The van der Waals surface area contributed by atoms with Gasteiger partial charge in [-0.2, -0.15) is 0 Å². The zero-order valence-electron chi connectivity index (χ0n) is 10.8. The molecule has 0 spiro atoms. The topological polar surface area (TPSA) is 66.6 Å². The molecule has 1 aromatic carbocycles. The number of aliphatic hydroxyl groups excluding tert-OH is 1. The Morgan fingerprint density at radius 1 is 1.42 bits per heavy atom. The average Bonchev–Trinajstić information content (AvgIpc) is 2.92. The number of benzene rings is 1. The van der Waals surface area contributed by atoms with Gasteiger partial charge in [0.15, 0.2) is 0 Å². The molecule has 0 aliphatic heterocycles. The summed E-state index contributed by atoms with van der Waals surface area (Å²) in [6.07, 6.45) is 4.30. The second-order valence-corrected chi connectivity index (χ2v) is 5.30. The van der Waals surface area contributed by atoms with Gasteiger partial charge in [0, 0.05) is 18.2 Å². The van der Waals surface area contributed by atoms with Gasteiger partial charge in [-0.25, -0.2) is 0 Å². The van der Waals surface area contributed by atoms with E-state index in [4.69, 9.17) is 22.4 Å². The quantitative estimate of drug-likeness (QED) is 0.833. The van der Waals surface area contributed by atoms with E-state index >= 15 is 0 Å². The Morgan fingerprint density at radius 3 is 2.68 bits per heavy atom. The first kappa shape index (κ1) is 14.2. The summed E-state index contributed by atoms with van der Waals surface area (Å²) in [5.41, 5.74) is 6.67. The molecule has 0 bridgehead atoms. The van der Waals surface area contributed by atoms with E-state index in [2.05, 4.69) is 0 Å². The van der Waals surface area contributed by atoms with Crippen molar-refractivity contribution in [2.45, 2.75) is 31.7 Å². The summed E-state index contributed by atoms with van der Waals surface area (Å²) < 4.78 is 0. The number of carbonyl (C=O) groups is 1. The maximum Gasteiger partial charge on any atom is 0.254 e. The Morgan fingerprint density at radius 2 is 2.11 bits per heavy atom. The predicted molar refractivity (Wildman–Crippen MR) is 76.2 cm³/mol. The summed E-state index contributed by atoms with van der Waals surface area (Å²) in [5.74, 6) is -0.0793. The second kappa shape index (κ2) is 6.26. The minimum absolute atomic E-state index is 0.0225. The van der Waals surface area contributed by atoms with Crippen LogP contribution in [0.2, 0.25) is 5.02 Å². The largest absolute Gasteiger partial charge is 0.398 e. The average molecular weight is 283 g/mol. The van der Waals surface area contributed by atoms with Crippen LogP contribution in [0.15, 0.2) is 18.2 Å². The maximum atomic E-state index is 12.5. The van der Waals surface area contributed by atoms with Gasteiger partial charge >= 0.3 is 0 Å². The van der Waals surface area contributed by atoms with Crippen molar-refractivity contribution in [2.24, 2.45) is 0 Å². The number of rotatable bonds is 4. The highest BCUT2D eigenvalue weighted by Crippen LogP contribution is 2.26. The van der Waals surface area contributed by atoms with E-state index in [0.29, 0.717) is 22.8 Å². The lowest BCUT2D eigenvalue weighted by Gasteiger charge is -2.28. The number of halogens is 1. The van der Waals surface area contributed by atoms with Crippen molar-refractivity contribution in [3.05, 3.63) is 28.8 Å². The molecule has 19 heavy (non-hydrogen) atoms. The maximum absolute atomic E-state index is 12.5. The van der Waals surface area contributed by atoms with Gasteiger partial charge in [0.2, 0.25) is 0 Å². The summed E-state index contributed by atoms with van der Waals surface area (Å²) >= 11 is 5.86. The zero-order chi connectivity index (χ0) is 13.8. The lowest BCUT2D eigenvalue weighted by molar-refractivity contribution is 0.0638. The SMILES string of the molecule is Nc1cc(C(=O)N(CCO)C2CCCC2)ccc1Cl. The molecule has 1 fully saturated rings. The summed E-state index contributed by atoms with van der Waals surface area (Å²) in [7, 11) is 0. The lowest BCUT2D eigenvalue weighted by Crippen LogP contribution is -2.40. The highest BCUT2D eigenvalue weighted by molar-refractivity contribution is 6.33. The smallest absolute Gasteiger partial charge is 0.254 e. The van der Waals surface area contributed by atoms with Crippen LogP contribution in [-0.2, 0) is 0 Å². The third-order valence-corrected chi connectivity index (χ3v) is 3.95. The molecule has 1 amide bonds. The van der Waals surface area contributed by atoms with Crippen molar-refractivity contribution in [3.8, 4) is 0 Å². The van der Waals surface area contributed by atoms with Crippen molar-refractivity contribution in [1.82, 2.24) is 4.90 Å². The molecule has 5 heteroatoms.